The van der Waals surface area contributed by atoms with E-state index in [1.165, 1.54) is 12.1 Å². The summed E-state index contributed by atoms with van der Waals surface area (Å²) in [7, 11) is 0. The van der Waals surface area contributed by atoms with Crippen LogP contribution in [0.4, 0.5) is 10.1 Å². The lowest BCUT2D eigenvalue weighted by molar-refractivity contribution is -0.127. The summed E-state index contributed by atoms with van der Waals surface area (Å²) in [6.45, 7) is 2.57. The van der Waals surface area contributed by atoms with Crippen LogP contribution in [0.3, 0.4) is 0 Å². The molecule has 0 aromatic heterocycles. The Hall–Kier alpha value is -0.690. The van der Waals surface area contributed by atoms with Gasteiger partial charge in [-0.2, -0.15) is 0 Å². The van der Waals surface area contributed by atoms with E-state index in [2.05, 4.69) is 12.2 Å². The predicted molar refractivity (Wildman–Crippen MR) is 86.9 cm³/mol. The Bertz CT molecular complexity index is 499. The molecule has 0 spiro atoms. The van der Waals surface area contributed by atoms with Crippen molar-refractivity contribution in [3.63, 3.8) is 0 Å². The number of carbonyl (C=O) groups is 1. The first-order chi connectivity index (χ1) is 9.47. The first-order valence-electron chi connectivity index (χ1n) is 6.93. The van der Waals surface area contributed by atoms with Crippen LogP contribution in [0.25, 0.3) is 0 Å². The van der Waals surface area contributed by atoms with Gasteiger partial charge in [0.2, 0.25) is 5.91 Å². The van der Waals surface area contributed by atoms with Crippen LogP contribution >= 0.6 is 22.6 Å². The summed E-state index contributed by atoms with van der Waals surface area (Å²) in [5.74, 6) is 0.331. The molecule has 3 N–H and O–H groups in total. The molecular weight excluding hydrogens is 370 g/mol. The summed E-state index contributed by atoms with van der Waals surface area (Å²) in [6.07, 6.45) is 3.72. The maximum atomic E-state index is 13.1. The van der Waals surface area contributed by atoms with Gasteiger partial charge in [-0.15, -0.1) is 0 Å². The second-order valence-electron chi connectivity index (χ2n) is 5.75. The minimum atomic E-state index is -0.468. The molecule has 1 saturated carbocycles. The highest BCUT2D eigenvalue weighted by Gasteiger charge is 2.39. The second kappa shape index (κ2) is 6.39. The molecule has 0 saturated heterocycles. The van der Waals surface area contributed by atoms with Crippen molar-refractivity contribution in [3.8, 4) is 0 Å². The topological polar surface area (TPSA) is 55.1 Å². The number of nitrogens with two attached hydrogens (primary N) is 1. The van der Waals surface area contributed by atoms with Gasteiger partial charge in [0.1, 0.15) is 5.82 Å². The number of hydrogen-bond donors (Lipinski definition) is 2. The van der Waals surface area contributed by atoms with Crippen molar-refractivity contribution >= 4 is 34.2 Å². The van der Waals surface area contributed by atoms with Gasteiger partial charge < -0.3 is 11.1 Å². The molecule has 1 amide bonds. The normalized spacial score (nSPS) is 26.3. The summed E-state index contributed by atoms with van der Waals surface area (Å²) >= 11 is 2.02. The van der Waals surface area contributed by atoms with Gasteiger partial charge in [-0.3, -0.25) is 4.79 Å². The molecule has 1 aliphatic carbocycles. The monoisotopic (exact) mass is 390 g/mol. The molecule has 1 aromatic rings. The number of halogens is 2. The zero-order valence-electron chi connectivity index (χ0n) is 11.6. The molecule has 2 rings (SSSR count). The van der Waals surface area contributed by atoms with Crippen LogP contribution in [0.15, 0.2) is 18.2 Å². The van der Waals surface area contributed by atoms with Gasteiger partial charge in [0.15, 0.2) is 0 Å². The number of nitrogens with one attached hydrogen (secondary N) is 1. The number of anilines is 1. The van der Waals surface area contributed by atoms with E-state index in [-0.39, 0.29) is 11.7 Å². The highest BCUT2D eigenvalue weighted by atomic mass is 127. The Morgan fingerprint density at radius 3 is 2.70 bits per heavy atom. The zero-order chi connectivity index (χ0) is 14.8. The molecule has 3 nitrogen and oxygen atoms in total. The van der Waals surface area contributed by atoms with Crippen molar-refractivity contribution in [3.05, 3.63) is 27.6 Å². The van der Waals surface area contributed by atoms with Gasteiger partial charge in [-0.25, -0.2) is 4.39 Å². The van der Waals surface area contributed by atoms with Crippen molar-refractivity contribution < 1.29 is 9.18 Å². The summed E-state index contributed by atoms with van der Waals surface area (Å²) in [4.78, 5) is 12.6. The first-order valence-corrected chi connectivity index (χ1v) is 8.01. The van der Waals surface area contributed by atoms with Gasteiger partial charge in [0.05, 0.1) is 11.1 Å². The summed E-state index contributed by atoms with van der Waals surface area (Å²) in [6, 6.07) is 4.37. The van der Waals surface area contributed by atoms with E-state index in [1.807, 2.05) is 22.6 Å². The largest absolute Gasteiger partial charge is 0.329 e. The van der Waals surface area contributed by atoms with Crippen LogP contribution in [0.2, 0.25) is 0 Å². The van der Waals surface area contributed by atoms with Crippen LogP contribution in [-0.4, -0.2) is 12.5 Å². The van der Waals surface area contributed by atoms with E-state index in [0.29, 0.717) is 21.7 Å². The Labute approximate surface area is 132 Å². The SMILES string of the molecule is CC1CCC(CN)(C(=O)Nc2ccc(F)cc2I)CC1. The number of amides is 1. The summed E-state index contributed by atoms with van der Waals surface area (Å²) < 4.78 is 13.8. The van der Waals surface area contributed by atoms with Crippen molar-refractivity contribution in [2.45, 2.75) is 32.6 Å². The van der Waals surface area contributed by atoms with Crippen molar-refractivity contribution in [2.75, 3.05) is 11.9 Å². The fourth-order valence-electron chi connectivity index (χ4n) is 2.68. The molecule has 1 aliphatic rings. The lowest BCUT2D eigenvalue weighted by atomic mass is 9.70. The second-order valence-corrected chi connectivity index (χ2v) is 6.91. The molecule has 1 fully saturated rings. The van der Waals surface area contributed by atoms with Gasteiger partial charge in [-0.1, -0.05) is 6.92 Å². The maximum absolute atomic E-state index is 13.1. The van der Waals surface area contributed by atoms with Crippen LogP contribution in [0.5, 0.6) is 0 Å². The third kappa shape index (κ3) is 3.31. The minimum Gasteiger partial charge on any atom is -0.329 e. The molecule has 0 unspecified atom stereocenters. The molecule has 0 heterocycles. The molecule has 110 valence electrons. The minimum absolute atomic E-state index is 0.0311. The standard InChI is InChI=1S/C15H20FIN2O/c1-10-4-6-15(9-18,7-5-10)14(20)19-13-3-2-11(16)8-12(13)17/h2-3,8,10H,4-7,9,18H2,1H3,(H,19,20). The predicted octanol–water partition coefficient (Wildman–Crippen LogP) is 3.52. The van der Waals surface area contributed by atoms with Crippen LogP contribution in [-0.2, 0) is 4.79 Å². The molecule has 0 atom stereocenters. The summed E-state index contributed by atoms with van der Waals surface area (Å²) in [5, 5.41) is 2.92. The Balaban J connectivity index is 2.13. The van der Waals surface area contributed by atoms with Crippen LogP contribution < -0.4 is 11.1 Å². The Kier molecular flexibility index (Phi) is 5.01. The van der Waals surface area contributed by atoms with E-state index in [0.717, 1.165) is 25.7 Å². The van der Waals surface area contributed by atoms with Gasteiger partial charge in [0, 0.05) is 10.1 Å². The van der Waals surface area contributed by atoms with Gasteiger partial charge in [0.25, 0.3) is 0 Å². The van der Waals surface area contributed by atoms with E-state index >= 15 is 0 Å². The Morgan fingerprint density at radius 2 is 2.15 bits per heavy atom. The maximum Gasteiger partial charge on any atom is 0.231 e. The fourth-order valence-corrected chi connectivity index (χ4v) is 3.30. The molecule has 1 aromatic carbocycles. The van der Waals surface area contributed by atoms with Gasteiger partial charge in [-0.05, 0) is 72.4 Å². The third-order valence-corrected chi connectivity index (χ3v) is 5.18. The molecular formula is C15H20FIN2O. The van der Waals surface area contributed by atoms with E-state index in [1.54, 1.807) is 6.07 Å². The van der Waals surface area contributed by atoms with Crippen LogP contribution in [0.1, 0.15) is 32.6 Å². The van der Waals surface area contributed by atoms with Crippen molar-refractivity contribution in [1.82, 2.24) is 0 Å². The Morgan fingerprint density at radius 1 is 1.50 bits per heavy atom. The number of carbonyl (C=O) groups excluding carboxylic acids is 1. The number of benzene rings is 1. The lowest BCUT2D eigenvalue weighted by Gasteiger charge is -2.37. The van der Waals surface area contributed by atoms with Crippen LogP contribution in [0, 0.1) is 20.7 Å². The highest BCUT2D eigenvalue weighted by molar-refractivity contribution is 14.1. The number of rotatable bonds is 3. The summed E-state index contributed by atoms with van der Waals surface area (Å²) in [5.41, 5.74) is 6.07. The average molecular weight is 390 g/mol. The average Bonchev–Trinajstić information content (AvgIpc) is 2.43. The molecule has 20 heavy (non-hydrogen) atoms. The fraction of sp³-hybridized carbons (Fsp3) is 0.533. The first kappa shape index (κ1) is 15.7. The van der Waals surface area contributed by atoms with Crippen molar-refractivity contribution in [2.24, 2.45) is 17.1 Å². The van der Waals surface area contributed by atoms with E-state index in [9.17, 15) is 9.18 Å². The smallest absolute Gasteiger partial charge is 0.231 e. The molecule has 0 radical (unpaired) electrons. The van der Waals surface area contributed by atoms with Gasteiger partial charge >= 0.3 is 0 Å². The van der Waals surface area contributed by atoms with E-state index < -0.39 is 5.41 Å². The zero-order valence-corrected chi connectivity index (χ0v) is 13.7. The lowest BCUT2D eigenvalue weighted by Crippen LogP contribution is -2.44. The molecule has 0 aliphatic heterocycles. The third-order valence-electron chi connectivity index (χ3n) is 4.28. The highest BCUT2D eigenvalue weighted by Crippen LogP contribution is 2.39. The quantitative estimate of drug-likeness (QED) is 0.776. The van der Waals surface area contributed by atoms with E-state index in [4.69, 9.17) is 5.73 Å². The van der Waals surface area contributed by atoms with Crippen molar-refractivity contribution in [1.29, 1.82) is 0 Å². The molecule has 5 heteroatoms. The number of hydrogen-bond acceptors (Lipinski definition) is 2. The molecule has 0 bridgehead atoms.